The lowest BCUT2D eigenvalue weighted by atomic mass is 10.00. The van der Waals surface area contributed by atoms with Gasteiger partial charge in [0.15, 0.2) is 0 Å². The Labute approximate surface area is 110 Å². The molecule has 1 aromatic rings. The maximum atomic E-state index is 4.94. The standard InChI is InChI=1S/C15H25N3/c1-3-17-8-5-4-6-14(17)13-11-18-9-7-12(2)10-15(18)16-13/h11-12,14H,3-10H2,1-2H3. The van der Waals surface area contributed by atoms with Crippen LogP contribution in [0.3, 0.4) is 0 Å². The summed E-state index contributed by atoms with van der Waals surface area (Å²) < 4.78 is 2.40. The minimum Gasteiger partial charge on any atom is -0.335 e. The van der Waals surface area contributed by atoms with E-state index in [9.17, 15) is 0 Å². The fraction of sp³-hybridized carbons (Fsp3) is 0.800. The fourth-order valence-corrected chi connectivity index (χ4v) is 3.47. The van der Waals surface area contributed by atoms with E-state index in [1.165, 1.54) is 56.7 Å². The molecule has 2 unspecified atom stereocenters. The van der Waals surface area contributed by atoms with Gasteiger partial charge in [-0.1, -0.05) is 20.3 Å². The monoisotopic (exact) mass is 247 g/mol. The van der Waals surface area contributed by atoms with Crippen LogP contribution in [0.2, 0.25) is 0 Å². The summed E-state index contributed by atoms with van der Waals surface area (Å²) in [4.78, 5) is 7.54. The number of nitrogens with zero attached hydrogens (tertiary/aromatic N) is 3. The van der Waals surface area contributed by atoms with Gasteiger partial charge in [-0.15, -0.1) is 0 Å². The molecule has 0 radical (unpaired) electrons. The summed E-state index contributed by atoms with van der Waals surface area (Å²) in [5.41, 5.74) is 1.33. The van der Waals surface area contributed by atoms with Crippen molar-refractivity contribution in [2.45, 2.75) is 58.5 Å². The smallest absolute Gasteiger partial charge is 0.109 e. The summed E-state index contributed by atoms with van der Waals surface area (Å²) in [5, 5.41) is 0. The van der Waals surface area contributed by atoms with E-state index in [-0.39, 0.29) is 0 Å². The van der Waals surface area contributed by atoms with Crippen molar-refractivity contribution in [3.05, 3.63) is 17.7 Å². The number of hydrogen-bond acceptors (Lipinski definition) is 2. The molecule has 0 saturated carbocycles. The first kappa shape index (κ1) is 12.2. The number of aryl methyl sites for hydroxylation is 1. The minimum absolute atomic E-state index is 0.581. The molecule has 0 spiro atoms. The van der Waals surface area contributed by atoms with Gasteiger partial charge in [-0.2, -0.15) is 0 Å². The normalized spacial score (nSPS) is 29.2. The molecule has 2 atom stereocenters. The Hall–Kier alpha value is -0.830. The SMILES string of the molecule is CCN1CCCCC1c1cn2c(n1)CC(C)CC2. The Morgan fingerprint density at radius 3 is 3.00 bits per heavy atom. The summed E-state index contributed by atoms with van der Waals surface area (Å²) in [6.45, 7) is 8.19. The third-order valence-electron chi connectivity index (χ3n) is 4.63. The molecule has 2 aliphatic heterocycles. The first-order valence-corrected chi connectivity index (χ1v) is 7.58. The first-order chi connectivity index (χ1) is 8.78. The molecule has 3 nitrogen and oxygen atoms in total. The van der Waals surface area contributed by atoms with Crippen LogP contribution in [0.1, 0.15) is 57.1 Å². The van der Waals surface area contributed by atoms with Gasteiger partial charge in [-0.25, -0.2) is 4.98 Å². The van der Waals surface area contributed by atoms with Crippen LogP contribution in [0, 0.1) is 5.92 Å². The Bertz CT molecular complexity index is 410. The molecule has 3 heteroatoms. The average molecular weight is 247 g/mol. The van der Waals surface area contributed by atoms with Crippen molar-refractivity contribution in [3.63, 3.8) is 0 Å². The van der Waals surface area contributed by atoms with E-state index in [1.807, 2.05) is 0 Å². The predicted molar refractivity (Wildman–Crippen MR) is 73.6 cm³/mol. The van der Waals surface area contributed by atoms with Crippen LogP contribution in [0.25, 0.3) is 0 Å². The lowest BCUT2D eigenvalue weighted by Crippen LogP contribution is -2.33. The molecule has 3 heterocycles. The Kier molecular flexibility index (Phi) is 3.42. The zero-order valence-corrected chi connectivity index (χ0v) is 11.7. The topological polar surface area (TPSA) is 21.1 Å². The maximum Gasteiger partial charge on any atom is 0.109 e. The van der Waals surface area contributed by atoms with E-state index < -0.39 is 0 Å². The van der Waals surface area contributed by atoms with Crippen LogP contribution in [0.15, 0.2) is 6.20 Å². The van der Waals surface area contributed by atoms with Gasteiger partial charge in [0.05, 0.1) is 11.7 Å². The zero-order valence-electron chi connectivity index (χ0n) is 11.7. The van der Waals surface area contributed by atoms with Gasteiger partial charge in [0.1, 0.15) is 5.82 Å². The van der Waals surface area contributed by atoms with E-state index in [1.54, 1.807) is 0 Å². The summed E-state index contributed by atoms with van der Waals surface area (Å²) in [6.07, 6.45) is 8.82. The average Bonchev–Trinajstić information content (AvgIpc) is 2.81. The summed E-state index contributed by atoms with van der Waals surface area (Å²) in [6, 6.07) is 0.581. The largest absolute Gasteiger partial charge is 0.335 e. The van der Waals surface area contributed by atoms with E-state index in [4.69, 9.17) is 4.98 Å². The van der Waals surface area contributed by atoms with Gasteiger partial charge >= 0.3 is 0 Å². The van der Waals surface area contributed by atoms with Crippen LogP contribution in [-0.2, 0) is 13.0 Å². The molecule has 1 saturated heterocycles. The van der Waals surface area contributed by atoms with Crippen molar-refractivity contribution in [2.75, 3.05) is 13.1 Å². The highest BCUT2D eigenvalue weighted by Crippen LogP contribution is 2.31. The van der Waals surface area contributed by atoms with Gasteiger partial charge in [0, 0.05) is 19.2 Å². The number of aromatic nitrogens is 2. The number of rotatable bonds is 2. The van der Waals surface area contributed by atoms with Crippen molar-refractivity contribution in [2.24, 2.45) is 5.92 Å². The molecule has 18 heavy (non-hydrogen) atoms. The molecule has 1 fully saturated rings. The second-order valence-corrected chi connectivity index (χ2v) is 6.01. The Morgan fingerprint density at radius 2 is 2.17 bits per heavy atom. The molecular formula is C15H25N3. The zero-order chi connectivity index (χ0) is 12.5. The van der Waals surface area contributed by atoms with Gasteiger partial charge in [0.2, 0.25) is 0 Å². The summed E-state index contributed by atoms with van der Waals surface area (Å²) in [7, 11) is 0. The van der Waals surface area contributed by atoms with Gasteiger partial charge in [-0.3, -0.25) is 4.90 Å². The molecule has 0 aromatic carbocycles. The lowest BCUT2D eigenvalue weighted by Gasteiger charge is -2.33. The van der Waals surface area contributed by atoms with E-state index >= 15 is 0 Å². The number of imidazole rings is 1. The van der Waals surface area contributed by atoms with Crippen LogP contribution < -0.4 is 0 Å². The molecule has 2 aliphatic rings. The minimum atomic E-state index is 0.581. The van der Waals surface area contributed by atoms with Gasteiger partial charge < -0.3 is 4.57 Å². The van der Waals surface area contributed by atoms with Gasteiger partial charge in [-0.05, 0) is 38.3 Å². The fourth-order valence-electron chi connectivity index (χ4n) is 3.47. The molecule has 0 bridgehead atoms. The third kappa shape index (κ3) is 2.20. The maximum absolute atomic E-state index is 4.94. The van der Waals surface area contributed by atoms with Crippen LogP contribution >= 0.6 is 0 Å². The lowest BCUT2D eigenvalue weighted by molar-refractivity contribution is 0.154. The highest BCUT2D eigenvalue weighted by atomic mass is 15.2. The molecule has 1 aromatic heterocycles. The number of hydrogen-bond donors (Lipinski definition) is 0. The molecular weight excluding hydrogens is 222 g/mol. The van der Waals surface area contributed by atoms with Crippen LogP contribution in [0.4, 0.5) is 0 Å². The molecule has 0 N–H and O–H groups in total. The van der Waals surface area contributed by atoms with Crippen molar-refractivity contribution < 1.29 is 0 Å². The predicted octanol–water partition coefficient (Wildman–Crippen LogP) is 3.01. The first-order valence-electron chi connectivity index (χ1n) is 7.58. The van der Waals surface area contributed by atoms with E-state index in [2.05, 4.69) is 29.5 Å². The van der Waals surface area contributed by atoms with E-state index in [0.717, 1.165) is 12.5 Å². The second kappa shape index (κ2) is 5.04. The van der Waals surface area contributed by atoms with E-state index in [0.29, 0.717) is 6.04 Å². The highest BCUT2D eigenvalue weighted by Gasteiger charge is 2.26. The highest BCUT2D eigenvalue weighted by molar-refractivity contribution is 5.12. The molecule has 0 amide bonds. The van der Waals surface area contributed by atoms with Crippen molar-refractivity contribution in [3.8, 4) is 0 Å². The van der Waals surface area contributed by atoms with Gasteiger partial charge in [0.25, 0.3) is 0 Å². The van der Waals surface area contributed by atoms with Crippen LogP contribution in [0.5, 0.6) is 0 Å². The van der Waals surface area contributed by atoms with Crippen molar-refractivity contribution in [1.29, 1.82) is 0 Å². The summed E-state index contributed by atoms with van der Waals surface area (Å²) >= 11 is 0. The Balaban J connectivity index is 1.83. The quantitative estimate of drug-likeness (QED) is 0.801. The molecule has 100 valence electrons. The molecule has 0 aliphatic carbocycles. The Morgan fingerprint density at radius 1 is 1.28 bits per heavy atom. The number of piperidine rings is 1. The second-order valence-electron chi connectivity index (χ2n) is 6.01. The number of likely N-dealkylation sites (tertiary alicyclic amines) is 1. The van der Waals surface area contributed by atoms with Crippen molar-refractivity contribution >= 4 is 0 Å². The molecule has 3 rings (SSSR count). The van der Waals surface area contributed by atoms with Crippen LogP contribution in [-0.4, -0.2) is 27.5 Å². The third-order valence-corrected chi connectivity index (χ3v) is 4.63. The summed E-state index contributed by atoms with van der Waals surface area (Å²) in [5.74, 6) is 2.13. The number of fused-ring (bicyclic) bond motifs is 1. The van der Waals surface area contributed by atoms with Crippen molar-refractivity contribution in [1.82, 2.24) is 14.5 Å².